The number of hydrogen-bond donors (Lipinski definition) is 0. The van der Waals surface area contributed by atoms with Crippen LogP contribution in [0, 0.1) is 5.92 Å². The van der Waals surface area contributed by atoms with Crippen molar-refractivity contribution in [1.82, 2.24) is 0 Å². The minimum Gasteiger partial charge on any atom is -0.465 e. The van der Waals surface area contributed by atoms with Crippen LogP contribution in [0.4, 0.5) is 0 Å². The van der Waals surface area contributed by atoms with Gasteiger partial charge in [0.15, 0.2) is 16.6 Å². The van der Waals surface area contributed by atoms with Gasteiger partial charge < -0.3 is 8.85 Å². The van der Waals surface area contributed by atoms with Crippen molar-refractivity contribution in [3.05, 3.63) is 0 Å². The lowest BCUT2D eigenvalue weighted by Gasteiger charge is -2.38. The molecule has 41 heavy (non-hydrogen) atoms. The van der Waals surface area contributed by atoms with E-state index in [9.17, 15) is 4.79 Å². The Kier molecular flexibility index (Phi) is 24.8. The second-order valence-corrected chi connectivity index (χ2v) is 32.4. The Morgan fingerprint density at radius 1 is 0.683 bits per heavy atom. The molecule has 0 aromatic rings. The van der Waals surface area contributed by atoms with Crippen molar-refractivity contribution in [2.45, 2.75) is 199 Å². The van der Waals surface area contributed by atoms with Crippen LogP contribution in [0.3, 0.4) is 0 Å². The Morgan fingerprint density at radius 2 is 1.12 bits per heavy atom. The maximum Gasteiger partial charge on any atom is 0.308 e. The highest BCUT2D eigenvalue weighted by molar-refractivity contribution is 6.98. The Hall–Kier alpha value is 0.298. The molecule has 0 N–H and O–H groups in total. The molecule has 0 rings (SSSR count). The second kappa shape index (κ2) is 24.6. The third-order valence-electron chi connectivity index (χ3n) is 8.60. The van der Waals surface area contributed by atoms with Gasteiger partial charge in [-0.25, -0.2) is 0 Å². The molecule has 7 heteroatoms. The van der Waals surface area contributed by atoms with Crippen LogP contribution in [0.25, 0.3) is 0 Å². The van der Waals surface area contributed by atoms with Gasteiger partial charge in [-0.2, -0.15) is 0 Å². The molecule has 0 fully saturated rings. The van der Waals surface area contributed by atoms with Crippen molar-refractivity contribution in [1.29, 1.82) is 0 Å². The molecule has 0 heterocycles. The van der Waals surface area contributed by atoms with Gasteiger partial charge in [0.25, 0.3) is 0 Å². The largest absolute Gasteiger partial charge is 0.465 e. The number of rotatable bonds is 29. The fraction of sp³-hybridized carbons (Fsp3) is 0.971. The molecule has 0 aromatic carbocycles. The Bertz CT molecular complexity index is 624. The van der Waals surface area contributed by atoms with Crippen LogP contribution in [-0.4, -0.2) is 46.8 Å². The first-order valence-corrected chi connectivity index (χ1v) is 30.3. The predicted molar refractivity (Wildman–Crippen MR) is 196 cm³/mol. The molecule has 0 amide bonds. The average Bonchev–Trinajstić information content (AvgIpc) is 2.86. The lowest BCUT2D eigenvalue weighted by atomic mass is 10.0. The van der Waals surface area contributed by atoms with Crippen molar-refractivity contribution in [2.24, 2.45) is 5.92 Å². The highest BCUT2D eigenvalue weighted by atomic mass is 28.5. The molecule has 0 aromatic heterocycles. The van der Waals surface area contributed by atoms with Crippen molar-refractivity contribution < 1.29 is 13.6 Å². The maximum absolute atomic E-state index is 12.6. The van der Waals surface area contributed by atoms with Crippen molar-refractivity contribution in [3.63, 3.8) is 0 Å². The number of carbonyl (C=O) groups is 1. The van der Waals surface area contributed by atoms with Crippen LogP contribution in [0.5, 0.6) is 0 Å². The third kappa shape index (κ3) is 26.4. The van der Waals surface area contributed by atoms with Gasteiger partial charge in [0, 0.05) is 17.6 Å². The first-order chi connectivity index (χ1) is 19.3. The summed E-state index contributed by atoms with van der Waals surface area (Å²) in [6, 6.07) is 1.29. The molecule has 0 spiro atoms. The van der Waals surface area contributed by atoms with Crippen LogP contribution in [0.15, 0.2) is 0 Å². The van der Waals surface area contributed by atoms with Gasteiger partial charge in [-0.3, -0.25) is 4.79 Å². The lowest BCUT2D eigenvalue weighted by Crippen LogP contribution is -2.49. The fourth-order valence-electron chi connectivity index (χ4n) is 6.91. The molecular weight excluding hydrogens is 569 g/mol. The molecule has 0 aliphatic rings. The molecule has 0 radical (unpaired) electrons. The van der Waals surface area contributed by atoms with Crippen LogP contribution >= 0.6 is 0 Å². The van der Waals surface area contributed by atoms with Gasteiger partial charge in [0.1, 0.15) is 0 Å². The van der Waals surface area contributed by atoms with Crippen molar-refractivity contribution >= 4 is 40.2 Å². The van der Waals surface area contributed by atoms with Gasteiger partial charge in [-0.15, -0.1) is 0 Å². The van der Waals surface area contributed by atoms with Gasteiger partial charge in [-0.1, -0.05) is 148 Å². The Labute approximate surface area is 264 Å². The van der Waals surface area contributed by atoms with Gasteiger partial charge in [0.05, 0.1) is 12.5 Å². The van der Waals surface area contributed by atoms with Crippen molar-refractivity contribution in [3.8, 4) is 0 Å². The molecule has 2 atom stereocenters. The zero-order chi connectivity index (χ0) is 31.0. The van der Waals surface area contributed by atoms with Crippen LogP contribution in [0.1, 0.15) is 136 Å². The molecule has 3 nitrogen and oxygen atoms in total. The summed E-state index contributed by atoms with van der Waals surface area (Å²) in [7, 11) is -4.38. The molecule has 2 unspecified atom stereocenters. The number of unbranched alkanes of at least 4 members (excludes halogenated alkanes) is 16. The van der Waals surface area contributed by atoms with Crippen molar-refractivity contribution in [2.75, 3.05) is 6.61 Å². The van der Waals surface area contributed by atoms with E-state index in [1.807, 2.05) is 0 Å². The van der Waals surface area contributed by atoms with E-state index in [-0.39, 0.29) is 21.4 Å². The van der Waals surface area contributed by atoms with E-state index >= 15 is 0 Å². The summed E-state index contributed by atoms with van der Waals surface area (Å²) >= 11 is 0. The number of carbonyl (C=O) groups excluding carboxylic acids is 1. The monoisotopic (exact) mass is 644 g/mol. The number of ether oxygens (including phenoxy) is 1. The van der Waals surface area contributed by atoms with E-state index in [4.69, 9.17) is 8.85 Å². The van der Waals surface area contributed by atoms with Gasteiger partial charge in [-0.05, 0) is 51.2 Å². The molecule has 0 saturated heterocycles. The van der Waals surface area contributed by atoms with E-state index in [1.165, 1.54) is 120 Å². The van der Waals surface area contributed by atoms with Gasteiger partial charge in [0.2, 0.25) is 0 Å². The minimum atomic E-state index is -1.62. The van der Waals surface area contributed by atoms with E-state index in [1.54, 1.807) is 0 Å². The molecular formula is C34H76O3Si4. The summed E-state index contributed by atoms with van der Waals surface area (Å²) in [6.07, 6.45) is 25.7. The standard InChI is InChI=1S/C34H76O3Si4/c1-10-11-12-13-14-15-16-17-18-19-20-21-22-23-24-25-26-28-33(2)34(35)36-29-27-30-41(9,31-38-3)32-40(7,8)37-39(4,5)6/h33H,10-32,38H2,1-9H3. The van der Waals surface area contributed by atoms with E-state index in [2.05, 4.69) is 59.7 Å². The molecule has 0 aliphatic carbocycles. The second-order valence-electron chi connectivity index (χ2n) is 15.3. The van der Waals surface area contributed by atoms with E-state index < -0.39 is 24.7 Å². The summed E-state index contributed by atoms with van der Waals surface area (Å²) in [5.74, 6) is 0.0843. The fourth-order valence-corrected chi connectivity index (χ4v) is 32.5. The zero-order valence-corrected chi connectivity index (χ0v) is 34.2. The Balaban J connectivity index is 3.82. The first kappa shape index (κ1) is 41.3. The minimum absolute atomic E-state index is 0.0338. The Morgan fingerprint density at radius 3 is 1.54 bits per heavy atom. The van der Waals surface area contributed by atoms with E-state index in [0.29, 0.717) is 6.61 Å². The van der Waals surface area contributed by atoms with Gasteiger partial charge >= 0.3 is 5.97 Å². The smallest absolute Gasteiger partial charge is 0.308 e. The normalized spacial score (nSPS) is 15.0. The summed E-state index contributed by atoms with van der Waals surface area (Å²) < 4.78 is 12.4. The topological polar surface area (TPSA) is 35.5 Å². The van der Waals surface area contributed by atoms with E-state index in [0.717, 1.165) is 19.3 Å². The maximum atomic E-state index is 12.6. The highest BCUT2D eigenvalue weighted by Gasteiger charge is 2.38. The zero-order valence-electron chi connectivity index (χ0n) is 29.8. The molecule has 246 valence electrons. The number of esters is 1. The summed E-state index contributed by atoms with van der Waals surface area (Å²) in [4.78, 5) is 12.6. The molecule has 0 saturated carbocycles. The van der Waals surface area contributed by atoms with Crippen LogP contribution in [-0.2, 0) is 13.6 Å². The third-order valence-corrected chi connectivity index (χ3v) is 28.5. The highest BCUT2D eigenvalue weighted by Crippen LogP contribution is 2.30. The summed E-state index contributed by atoms with van der Waals surface area (Å²) in [5, 5.41) is 0. The quantitative estimate of drug-likeness (QED) is 0.0461. The number of hydrogen-bond acceptors (Lipinski definition) is 3. The SMILES string of the molecule is CCCCCCCCCCCCCCCCCCCC(C)C(=O)OCCC[Si](C)(C[SiH2]C)C[Si](C)(C)O[Si](C)(C)C. The molecule has 0 bridgehead atoms. The lowest BCUT2D eigenvalue weighted by molar-refractivity contribution is -0.148. The summed E-state index contributed by atoms with van der Waals surface area (Å²) in [6.45, 7) is 21.9. The summed E-state index contributed by atoms with van der Waals surface area (Å²) in [5.41, 5.74) is 2.87. The van der Waals surface area contributed by atoms with Crippen LogP contribution < -0.4 is 0 Å². The predicted octanol–water partition coefficient (Wildman–Crippen LogP) is 11.4. The van der Waals surface area contributed by atoms with Crippen LogP contribution in [0.2, 0.25) is 63.2 Å². The first-order valence-electron chi connectivity index (χ1n) is 18.2. The molecule has 0 aliphatic heterocycles. The average molecular weight is 645 g/mol.